The van der Waals surface area contributed by atoms with Gasteiger partial charge in [0, 0.05) is 5.57 Å². The van der Waals surface area contributed by atoms with E-state index in [1.807, 2.05) is 0 Å². The predicted molar refractivity (Wildman–Crippen MR) is 87.1 cm³/mol. The van der Waals surface area contributed by atoms with Crippen molar-refractivity contribution in [2.24, 2.45) is 5.41 Å². The monoisotopic (exact) mass is 408 g/mol. The second kappa shape index (κ2) is 7.34. The van der Waals surface area contributed by atoms with E-state index in [4.69, 9.17) is 0 Å². The minimum Gasteiger partial charge on any atom is -0.466 e. The minimum absolute atomic E-state index is 0.0217. The number of hydrogen-bond donors (Lipinski definition) is 0. The molecule has 0 amide bonds. The topological polar surface area (TPSA) is 69.7 Å². The minimum atomic E-state index is -5.93. The second-order valence-corrected chi connectivity index (χ2v) is 7.57. The molecule has 148 valence electrons. The highest BCUT2D eigenvalue weighted by Gasteiger charge is 2.52. The lowest BCUT2D eigenvalue weighted by Gasteiger charge is -2.35. The molecule has 0 aliphatic heterocycles. The van der Waals surface area contributed by atoms with Gasteiger partial charge in [-0.15, -0.1) is 0 Å². The average molecular weight is 408 g/mol. The van der Waals surface area contributed by atoms with Crippen LogP contribution in [0.15, 0.2) is 47.7 Å². The summed E-state index contributed by atoms with van der Waals surface area (Å²) in [7, 11) is -4.84. The van der Waals surface area contributed by atoms with Gasteiger partial charge >= 0.3 is 21.6 Å². The van der Waals surface area contributed by atoms with Gasteiger partial charge in [0.15, 0.2) is 0 Å². The van der Waals surface area contributed by atoms with Crippen molar-refractivity contribution < 1.29 is 39.7 Å². The number of alkyl halides is 3. The Morgan fingerprint density at radius 1 is 1.19 bits per heavy atom. The van der Waals surface area contributed by atoms with Crippen LogP contribution in [0.25, 0.3) is 0 Å². The maximum Gasteiger partial charge on any atom is 0.534 e. The third kappa shape index (κ3) is 4.32. The van der Waals surface area contributed by atoms with Crippen LogP contribution in [0, 0.1) is 11.2 Å². The van der Waals surface area contributed by atoms with E-state index in [9.17, 15) is 30.8 Å². The molecule has 5 nitrogen and oxygen atoms in total. The molecule has 0 radical (unpaired) electrons. The summed E-state index contributed by atoms with van der Waals surface area (Å²) in [6.07, 6.45) is 2.43. The van der Waals surface area contributed by atoms with E-state index in [0.717, 1.165) is 25.3 Å². The van der Waals surface area contributed by atoms with Crippen molar-refractivity contribution in [3.05, 3.63) is 59.1 Å². The van der Waals surface area contributed by atoms with Gasteiger partial charge in [-0.05, 0) is 43.5 Å². The van der Waals surface area contributed by atoms with E-state index in [0.29, 0.717) is 5.56 Å². The van der Waals surface area contributed by atoms with Gasteiger partial charge in [-0.3, -0.25) is 0 Å². The molecule has 27 heavy (non-hydrogen) atoms. The highest BCUT2D eigenvalue weighted by Crippen LogP contribution is 2.45. The molecule has 0 spiro atoms. The highest BCUT2D eigenvalue weighted by atomic mass is 32.2. The molecule has 1 aromatic carbocycles. The largest absolute Gasteiger partial charge is 0.534 e. The fourth-order valence-corrected chi connectivity index (χ4v) is 3.35. The Balaban J connectivity index is 2.49. The molecule has 0 saturated carbocycles. The maximum atomic E-state index is 13.1. The van der Waals surface area contributed by atoms with Crippen molar-refractivity contribution in [2.75, 3.05) is 7.11 Å². The summed E-state index contributed by atoms with van der Waals surface area (Å²) in [5.41, 5.74) is -6.79. The van der Waals surface area contributed by atoms with Crippen LogP contribution < -0.4 is 0 Å². The quantitative estimate of drug-likeness (QED) is 0.322. The van der Waals surface area contributed by atoms with Gasteiger partial charge in [-0.2, -0.15) is 21.6 Å². The summed E-state index contributed by atoms with van der Waals surface area (Å²) in [4.78, 5) is 12.1. The molecular formula is C17H16F4O5S. The first kappa shape index (κ1) is 20.9. The summed E-state index contributed by atoms with van der Waals surface area (Å²) in [6, 6.07) is 5.03. The van der Waals surface area contributed by atoms with E-state index in [1.165, 1.54) is 25.1 Å². The van der Waals surface area contributed by atoms with Gasteiger partial charge in [0.05, 0.1) is 12.5 Å². The molecule has 1 aromatic rings. The van der Waals surface area contributed by atoms with Crippen LogP contribution in [0.1, 0.15) is 18.9 Å². The molecule has 10 heteroatoms. The standard InChI is InChI=1S/C17H16F4O5S/c1-16(10-11-6-8-12(18)9-7-11)13(15(22)25-2)4-3-5-14(16)26-27(23,24)17(19,20)21/h4-9H,3,10H2,1-2H3. The number of benzene rings is 1. The van der Waals surface area contributed by atoms with Gasteiger partial charge in [0.25, 0.3) is 0 Å². The lowest BCUT2D eigenvalue weighted by molar-refractivity contribution is -0.137. The summed E-state index contributed by atoms with van der Waals surface area (Å²) in [5, 5.41) is 0. The SMILES string of the molecule is COC(=O)C1=CCC=C(OS(=O)(=O)C(F)(F)F)C1(C)Cc1ccc(F)cc1. The Kier molecular flexibility index (Phi) is 5.69. The fraction of sp³-hybridized carbons (Fsp3) is 0.353. The molecule has 0 saturated heterocycles. The molecular weight excluding hydrogens is 392 g/mol. The Morgan fingerprint density at radius 3 is 2.30 bits per heavy atom. The summed E-state index contributed by atoms with van der Waals surface area (Å²) < 4.78 is 83.3. The summed E-state index contributed by atoms with van der Waals surface area (Å²) >= 11 is 0. The molecule has 1 unspecified atom stereocenters. The van der Waals surface area contributed by atoms with Crippen LogP contribution >= 0.6 is 0 Å². The molecule has 1 atom stereocenters. The van der Waals surface area contributed by atoms with Gasteiger partial charge in [-0.1, -0.05) is 18.2 Å². The van der Waals surface area contributed by atoms with E-state index in [1.54, 1.807) is 0 Å². The van der Waals surface area contributed by atoms with Crippen molar-refractivity contribution in [1.29, 1.82) is 0 Å². The van der Waals surface area contributed by atoms with Gasteiger partial charge < -0.3 is 8.92 Å². The van der Waals surface area contributed by atoms with Crippen LogP contribution in [0.5, 0.6) is 0 Å². The van der Waals surface area contributed by atoms with Crippen molar-refractivity contribution >= 4 is 16.1 Å². The van der Waals surface area contributed by atoms with Crippen molar-refractivity contribution in [3.63, 3.8) is 0 Å². The molecule has 0 fully saturated rings. The van der Waals surface area contributed by atoms with Crippen molar-refractivity contribution in [1.82, 2.24) is 0 Å². The van der Waals surface area contributed by atoms with Gasteiger partial charge in [-0.25, -0.2) is 9.18 Å². The zero-order valence-corrected chi connectivity index (χ0v) is 15.2. The summed E-state index contributed by atoms with van der Waals surface area (Å²) in [5.74, 6) is -1.91. The lowest BCUT2D eigenvalue weighted by Crippen LogP contribution is -2.36. The van der Waals surface area contributed by atoms with Crippen molar-refractivity contribution in [2.45, 2.75) is 25.3 Å². The smallest absolute Gasteiger partial charge is 0.466 e. The molecule has 0 heterocycles. The number of esters is 1. The third-order valence-electron chi connectivity index (χ3n) is 4.12. The zero-order valence-electron chi connectivity index (χ0n) is 14.3. The molecule has 1 aliphatic carbocycles. The highest BCUT2D eigenvalue weighted by molar-refractivity contribution is 7.87. The van der Waals surface area contributed by atoms with Crippen LogP contribution in [-0.2, 0) is 30.3 Å². The number of ether oxygens (including phenoxy) is 1. The fourth-order valence-electron chi connectivity index (χ4n) is 2.77. The number of carbonyl (C=O) groups excluding carboxylic acids is 1. The average Bonchev–Trinajstić information content (AvgIpc) is 2.57. The van der Waals surface area contributed by atoms with Crippen LogP contribution in [0.2, 0.25) is 0 Å². The van der Waals surface area contributed by atoms with Crippen LogP contribution in [0.3, 0.4) is 0 Å². The van der Waals surface area contributed by atoms with E-state index < -0.39 is 38.6 Å². The Morgan fingerprint density at radius 2 is 1.78 bits per heavy atom. The Bertz CT molecular complexity index is 885. The third-order valence-corrected chi connectivity index (χ3v) is 5.09. The van der Waals surface area contributed by atoms with Gasteiger partial charge in [0.2, 0.25) is 0 Å². The number of carbonyl (C=O) groups is 1. The number of hydrogen-bond acceptors (Lipinski definition) is 5. The summed E-state index contributed by atoms with van der Waals surface area (Å²) in [6.45, 7) is 1.36. The van der Waals surface area contributed by atoms with E-state index in [2.05, 4.69) is 8.92 Å². The first-order valence-corrected chi connectivity index (χ1v) is 9.06. The van der Waals surface area contributed by atoms with E-state index >= 15 is 0 Å². The molecule has 2 rings (SSSR count). The number of rotatable bonds is 5. The van der Waals surface area contributed by atoms with E-state index in [-0.39, 0.29) is 18.4 Å². The van der Waals surface area contributed by atoms with Crippen LogP contribution in [0.4, 0.5) is 17.6 Å². The van der Waals surface area contributed by atoms with Crippen LogP contribution in [-0.4, -0.2) is 27.0 Å². The second-order valence-electron chi connectivity index (χ2n) is 6.03. The number of methoxy groups -OCH3 is 1. The number of halogens is 4. The molecule has 0 aromatic heterocycles. The Labute approximate surface area is 153 Å². The lowest BCUT2D eigenvalue weighted by atomic mass is 9.72. The zero-order chi connectivity index (χ0) is 20.5. The molecule has 1 aliphatic rings. The first-order valence-electron chi connectivity index (χ1n) is 7.65. The predicted octanol–water partition coefficient (Wildman–Crippen LogP) is 3.63. The Hall–Kier alpha value is -2.36. The molecule has 0 bridgehead atoms. The molecule has 0 N–H and O–H groups in total. The normalized spacial score (nSPS) is 20.5. The first-order chi connectivity index (χ1) is 12.4. The van der Waals surface area contributed by atoms with Crippen molar-refractivity contribution in [3.8, 4) is 0 Å². The van der Waals surface area contributed by atoms with Gasteiger partial charge in [0.1, 0.15) is 11.6 Å². The maximum absolute atomic E-state index is 13.1. The number of allylic oxidation sites excluding steroid dienone is 3.